The average Bonchev–Trinajstić information content (AvgIpc) is 2.34. The molecule has 0 saturated carbocycles. The second-order valence-corrected chi connectivity index (χ2v) is 4.27. The van der Waals surface area contributed by atoms with Crippen LogP contribution in [0.4, 0.5) is 0 Å². The molecule has 0 fully saturated rings. The molecule has 0 aliphatic carbocycles. The number of hydrogen-bond acceptors (Lipinski definition) is 3. The van der Waals surface area contributed by atoms with E-state index in [9.17, 15) is 0 Å². The highest BCUT2D eigenvalue weighted by atomic mass is 16.5. The third kappa shape index (κ3) is 4.41. The summed E-state index contributed by atoms with van der Waals surface area (Å²) in [5.41, 5.74) is 7.26. The SMILES string of the molecule is C=NC(=N/C=C(\C)N)Oc1cccc(C(C)C)c1. The minimum Gasteiger partial charge on any atom is -0.424 e. The van der Waals surface area contributed by atoms with Crippen LogP contribution in [0.15, 0.2) is 46.1 Å². The molecule has 0 unspecified atom stereocenters. The molecule has 2 N–H and O–H groups in total. The zero-order valence-electron chi connectivity index (χ0n) is 11.1. The highest BCUT2D eigenvalue weighted by Gasteiger charge is 2.03. The van der Waals surface area contributed by atoms with Gasteiger partial charge in [-0.2, -0.15) is 0 Å². The predicted octanol–water partition coefficient (Wildman–Crippen LogP) is 3.07. The summed E-state index contributed by atoms with van der Waals surface area (Å²) in [5, 5.41) is 0. The van der Waals surface area contributed by atoms with E-state index in [-0.39, 0.29) is 6.02 Å². The van der Waals surface area contributed by atoms with Crippen molar-refractivity contribution in [2.24, 2.45) is 15.7 Å². The largest absolute Gasteiger partial charge is 0.424 e. The summed E-state index contributed by atoms with van der Waals surface area (Å²) in [6, 6.07) is 7.99. The van der Waals surface area contributed by atoms with Crippen LogP contribution in [0.1, 0.15) is 32.3 Å². The maximum absolute atomic E-state index is 5.53. The van der Waals surface area contributed by atoms with Gasteiger partial charge in [0, 0.05) is 5.70 Å². The molecule has 18 heavy (non-hydrogen) atoms. The fourth-order valence-corrected chi connectivity index (χ4v) is 1.30. The molecule has 0 radical (unpaired) electrons. The van der Waals surface area contributed by atoms with Crippen LogP contribution in [0, 0.1) is 0 Å². The summed E-state index contributed by atoms with van der Waals surface area (Å²) in [6.45, 7) is 9.41. The number of nitrogens with two attached hydrogens (primary N) is 1. The van der Waals surface area contributed by atoms with Crippen molar-refractivity contribution in [3.8, 4) is 5.75 Å². The first-order valence-corrected chi connectivity index (χ1v) is 5.77. The number of ether oxygens (including phenoxy) is 1. The van der Waals surface area contributed by atoms with E-state index in [0.29, 0.717) is 17.4 Å². The number of nitrogens with zero attached hydrogens (tertiary/aromatic N) is 2. The van der Waals surface area contributed by atoms with Crippen molar-refractivity contribution in [1.82, 2.24) is 0 Å². The Morgan fingerprint density at radius 1 is 1.44 bits per heavy atom. The lowest BCUT2D eigenvalue weighted by molar-refractivity contribution is 0.542. The van der Waals surface area contributed by atoms with E-state index < -0.39 is 0 Å². The highest BCUT2D eigenvalue weighted by molar-refractivity contribution is 5.81. The van der Waals surface area contributed by atoms with Crippen molar-refractivity contribution in [3.63, 3.8) is 0 Å². The number of allylic oxidation sites excluding steroid dienone is 1. The molecule has 0 aromatic heterocycles. The first-order chi connectivity index (χ1) is 8.52. The molecule has 0 saturated heterocycles. The van der Waals surface area contributed by atoms with Crippen molar-refractivity contribution in [1.29, 1.82) is 0 Å². The van der Waals surface area contributed by atoms with Gasteiger partial charge >= 0.3 is 6.02 Å². The summed E-state index contributed by atoms with van der Waals surface area (Å²) in [4.78, 5) is 7.70. The minimum atomic E-state index is 0.181. The van der Waals surface area contributed by atoms with Gasteiger partial charge in [-0.1, -0.05) is 26.0 Å². The molecule has 4 nitrogen and oxygen atoms in total. The first-order valence-electron chi connectivity index (χ1n) is 5.77. The Balaban J connectivity index is 2.88. The van der Waals surface area contributed by atoms with Gasteiger partial charge in [0.2, 0.25) is 0 Å². The molecule has 0 heterocycles. The normalized spacial score (nSPS) is 12.7. The van der Waals surface area contributed by atoms with Crippen LogP contribution in [0.3, 0.4) is 0 Å². The molecular formula is C14H19N3O. The molecule has 0 aliphatic heterocycles. The Morgan fingerprint density at radius 2 is 2.17 bits per heavy atom. The van der Waals surface area contributed by atoms with E-state index in [2.05, 4.69) is 36.6 Å². The molecule has 1 rings (SSSR count). The van der Waals surface area contributed by atoms with Crippen molar-refractivity contribution < 1.29 is 4.74 Å². The third-order valence-electron chi connectivity index (χ3n) is 2.25. The van der Waals surface area contributed by atoms with E-state index in [4.69, 9.17) is 10.5 Å². The van der Waals surface area contributed by atoms with Crippen LogP contribution in [-0.2, 0) is 0 Å². The molecule has 0 amide bonds. The van der Waals surface area contributed by atoms with Gasteiger partial charge in [0.15, 0.2) is 0 Å². The molecule has 0 spiro atoms. The van der Waals surface area contributed by atoms with Crippen molar-refractivity contribution in [2.45, 2.75) is 26.7 Å². The van der Waals surface area contributed by atoms with Crippen molar-refractivity contribution in [2.75, 3.05) is 0 Å². The fraction of sp³-hybridized carbons (Fsp3) is 0.286. The van der Waals surface area contributed by atoms with Crippen LogP contribution in [-0.4, -0.2) is 12.7 Å². The Labute approximate surface area is 108 Å². The molecule has 4 heteroatoms. The van der Waals surface area contributed by atoms with Gasteiger partial charge in [0.25, 0.3) is 0 Å². The molecule has 1 aromatic carbocycles. The second-order valence-electron chi connectivity index (χ2n) is 4.27. The van der Waals surface area contributed by atoms with E-state index >= 15 is 0 Å². The summed E-state index contributed by atoms with van der Waals surface area (Å²) < 4.78 is 5.53. The van der Waals surface area contributed by atoms with E-state index in [0.717, 1.165) is 0 Å². The lowest BCUT2D eigenvalue weighted by atomic mass is 10.0. The Bertz CT molecular complexity index is 472. The van der Waals surface area contributed by atoms with Gasteiger partial charge in [0.05, 0.1) is 6.20 Å². The third-order valence-corrected chi connectivity index (χ3v) is 2.25. The van der Waals surface area contributed by atoms with Crippen LogP contribution < -0.4 is 10.5 Å². The lowest BCUT2D eigenvalue weighted by Crippen LogP contribution is -2.05. The maximum atomic E-state index is 5.53. The van der Waals surface area contributed by atoms with Crippen LogP contribution >= 0.6 is 0 Å². The number of amidine groups is 1. The predicted molar refractivity (Wildman–Crippen MR) is 76.1 cm³/mol. The summed E-state index contributed by atoms with van der Waals surface area (Å²) in [7, 11) is 0. The van der Waals surface area contributed by atoms with Crippen LogP contribution in [0.25, 0.3) is 0 Å². The van der Waals surface area contributed by atoms with Gasteiger partial charge in [-0.15, -0.1) is 0 Å². The topological polar surface area (TPSA) is 60.0 Å². The van der Waals surface area contributed by atoms with E-state index in [1.165, 1.54) is 11.8 Å². The minimum absolute atomic E-state index is 0.181. The molecule has 0 aliphatic rings. The number of aliphatic imine (C=N–C) groups is 2. The van der Waals surface area contributed by atoms with Gasteiger partial charge in [-0.3, -0.25) is 0 Å². The van der Waals surface area contributed by atoms with Crippen molar-refractivity contribution >= 4 is 12.7 Å². The molecule has 0 bridgehead atoms. The Kier molecular flexibility index (Phi) is 5.11. The van der Waals surface area contributed by atoms with Gasteiger partial charge in [-0.25, -0.2) is 9.98 Å². The molecule has 0 atom stereocenters. The van der Waals surface area contributed by atoms with Crippen LogP contribution in [0.2, 0.25) is 0 Å². The lowest BCUT2D eigenvalue weighted by Gasteiger charge is -2.08. The summed E-state index contributed by atoms with van der Waals surface area (Å²) in [6.07, 6.45) is 1.48. The standard InChI is InChI=1S/C14H19N3O/c1-10(2)12-6-5-7-13(8-12)18-14(16-4)17-9-11(3)15/h5-10H,4,15H2,1-3H3/b11-9+,17-14?. The Hall–Kier alpha value is -2.10. The van der Waals surface area contributed by atoms with Crippen LogP contribution in [0.5, 0.6) is 5.75 Å². The number of hydrogen-bond donors (Lipinski definition) is 1. The Morgan fingerprint density at radius 3 is 2.72 bits per heavy atom. The van der Waals surface area contributed by atoms with Gasteiger partial charge in [-0.05, 0) is 37.3 Å². The summed E-state index contributed by atoms with van der Waals surface area (Å²) >= 11 is 0. The quantitative estimate of drug-likeness (QED) is 0.657. The maximum Gasteiger partial charge on any atom is 0.321 e. The van der Waals surface area contributed by atoms with E-state index in [1.54, 1.807) is 6.92 Å². The first kappa shape index (κ1) is 14.0. The average molecular weight is 245 g/mol. The monoisotopic (exact) mass is 245 g/mol. The summed E-state index contributed by atoms with van der Waals surface area (Å²) in [5.74, 6) is 1.13. The second kappa shape index (κ2) is 6.59. The number of benzene rings is 1. The zero-order chi connectivity index (χ0) is 13.5. The molecule has 1 aromatic rings. The zero-order valence-corrected chi connectivity index (χ0v) is 11.1. The highest BCUT2D eigenvalue weighted by Crippen LogP contribution is 2.20. The van der Waals surface area contributed by atoms with Gasteiger partial charge < -0.3 is 10.5 Å². The smallest absolute Gasteiger partial charge is 0.321 e. The van der Waals surface area contributed by atoms with Gasteiger partial charge in [0.1, 0.15) is 5.75 Å². The molecule has 96 valence electrons. The van der Waals surface area contributed by atoms with Crippen molar-refractivity contribution in [3.05, 3.63) is 41.7 Å². The molecular weight excluding hydrogens is 226 g/mol. The fourth-order valence-electron chi connectivity index (χ4n) is 1.30. The number of rotatable bonds is 3. The van der Waals surface area contributed by atoms with E-state index in [1.807, 2.05) is 18.2 Å².